The molecular weight excluding hydrogens is 405 g/mol. The fourth-order valence-electron chi connectivity index (χ4n) is 2.81. The third kappa shape index (κ3) is 5.36. The van der Waals surface area contributed by atoms with Crippen LogP contribution in [-0.2, 0) is 22.7 Å². The van der Waals surface area contributed by atoms with Crippen LogP contribution >= 0.6 is 0 Å². The fraction of sp³-hybridized carbons (Fsp3) is 0.350. The number of halogens is 3. The van der Waals surface area contributed by atoms with Crippen molar-refractivity contribution in [1.82, 2.24) is 9.62 Å². The van der Waals surface area contributed by atoms with Crippen LogP contribution in [0.1, 0.15) is 40.9 Å². The molecule has 0 radical (unpaired) electrons. The monoisotopic (exact) mass is 428 g/mol. The summed E-state index contributed by atoms with van der Waals surface area (Å²) in [6, 6.07) is 8.81. The minimum Gasteiger partial charge on any atom is -0.348 e. The Kier molecular flexibility index (Phi) is 7.07. The number of aryl methyl sites for hydroxylation is 1. The van der Waals surface area contributed by atoms with Crippen molar-refractivity contribution < 1.29 is 26.4 Å². The molecule has 1 N–H and O–H groups in total. The molecule has 29 heavy (non-hydrogen) atoms. The number of carbonyl (C=O) groups is 1. The molecule has 0 heterocycles. The van der Waals surface area contributed by atoms with Crippen molar-refractivity contribution in [2.45, 2.75) is 38.4 Å². The highest BCUT2D eigenvalue weighted by molar-refractivity contribution is 7.89. The highest BCUT2D eigenvalue weighted by atomic mass is 32.2. The highest BCUT2D eigenvalue weighted by Gasteiger charge is 2.30. The summed E-state index contributed by atoms with van der Waals surface area (Å²) in [6.07, 6.45) is -4.42. The second-order valence-electron chi connectivity index (χ2n) is 6.44. The van der Waals surface area contributed by atoms with Crippen molar-refractivity contribution in [3.05, 3.63) is 64.7 Å². The van der Waals surface area contributed by atoms with Gasteiger partial charge >= 0.3 is 6.18 Å². The maximum atomic E-state index is 12.7. The van der Waals surface area contributed by atoms with Gasteiger partial charge in [-0.25, -0.2) is 8.42 Å². The predicted octanol–water partition coefficient (Wildman–Crippen LogP) is 3.97. The number of carbonyl (C=O) groups excluding carboxylic acids is 1. The van der Waals surface area contributed by atoms with Gasteiger partial charge in [0.1, 0.15) is 0 Å². The standard InChI is InChI=1S/C20H23F3N2O3S/c1-4-25(5-2)29(27,28)17-11-6-14(3)18(12-17)19(26)24-13-15-7-9-16(10-8-15)20(21,22)23/h6-12H,4-5,13H2,1-3H3,(H,24,26). The molecule has 0 bridgehead atoms. The summed E-state index contributed by atoms with van der Waals surface area (Å²) in [6.45, 7) is 5.77. The van der Waals surface area contributed by atoms with Crippen LogP contribution in [0, 0.1) is 6.92 Å². The van der Waals surface area contributed by atoms with Crippen molar-refractivity contribution in [3.63, 3.8) is 0 Å². The lowest BCUT2D eigenvalue weighted by molar-refractivity contribution is -0.137. The molecule has 0 saturated heterocycles. The van der Waals surface area contributed by atoms with E-state index >= 15 is 0 Å². The number of amides is 1. The topological polar surface area (TPSA) is 66.5 Å². The Labute approximate surface area is 168 Å². The van der Waals surface area contributed by atoms with Crippen LogP contribution in [0.15, 0.2) is 47.4 Å². The molecule has 9 heteroatoms. The van der Waals surface area contributed by atoms with E-state index in [-0.39, 0.29) is 17.0 Å². The molecule has 0 saturated carbocycles. The summed E-state index contributed by atoms with van der Waals surface area (Å²) < 4.78 is 64.5. The van der Waals surface area contributed by atoms with Crippen molar-refractivity contribution in [2.24, 2.45) is 0 Å². The molecule has 2 rings (SSSR count). The van der Waals surface area contributed by atoms with Gasteiger partial charge in [0.05, 0.1) is 10.5 Å². The molecule has 2 aromatic carbocycles. The normalized spacial score (nSPS) is 12.2. The quantitative estimate of drug-likeness (QED) is 0.726. The van der Waals surface area contributed by atoms with Gasteiger partial charge in [0.25, 0.3) is 5.91 Å². The van der Waals surface area contributed by atoms with Crippen LogP contribution in [0.5, 0.6) is 0 Å². The molecule has 0 aliphatic rings. The predicted molar refractivity (Wildman–Crippen MR) is 104 cm³/mol. The van der Waals surface area contributed by atoms with Crippen molar-refractivity contribution in [2.75, 3.05) is 13.1 Å². The van der Waals surface area contributed by atoms with Crippen molar-refractivity contribution in [3.8, 4) is 0 Å². The van der Waals surface area contributed by atoms with E-state index in [1.54, 1.807) is 26.8 Å². The molecule has 1 amide bonds. The summed E-state index contributed by atoms with van der Waals surface area (Å²) in [5.74, 6) is -0.501. The average molecular weight is 428 g/mol. The minimum absolute atomic E-state index is 0.0173. The molecular formula is C20H23F3N2O3S. The van der Waals surface area contributed by atoms with E-state index in [1.807, 2.05) is 0 Å². The van der Waals surface area contributed by atoms with Gasteiger partial charge in [0, 0.05) is 25.2 Å². The van der Waals surface area contributed by atoms with Crippen LogP contribution in [0.25, 0.3) is 0 Å². The number of hydrogen-bond acceptors (Lipinski definition) is 3. The summed E-state index contributed by atoms with van der Waals surface area (Å²) >= 11 is 0. The number of nitrogens with zero attached hydrogens (tertiary/aromatic N) is 1. The second kappa shape index (κ2) is 8.96. The van der Waals surface area contributed by atoms with Crippen LogP contribution in [-0.4, -0.2) is 31.7 Å². The van der Waals surface area contributed by atoms with Gasteiger partial charge in [0.15, 0.2) is 0 Å². The Morgan fingerprint density at radius 3 is 2.14 bits per heavy atom. The lowest BCUT2D eigenvalue weighted by Gasteiger charge is -2.19. The molecule has 2 aromatic rings. The number of sulfonamides is 1. The maximum Gasteiger partial charge on any atom is 0.416 e. The molecule has 0 aliphatic carbocycles. The Bertz CT molecular complexity index is 967. The van der Waals surface area contributed by atoms with Gasteiger partial charge in [0.2, 0.25) is 10.0 Å². The molecule has 0 aliphatic heterocycles. The Balaban J connectivity index is 2.19. The molecule has 5 nitrogen and oxygen atoms in total. The summed E-state index contributed by atoms with van der Waals surface area (Å²) in [5, 5.41) is 2.62. The highest BCUT2D eigenvalue weighted by Crippen LogP contribution is 2.29. The van der Waals surface area contributed by atoms with Crippen LogP contribution < -0.4 is 5.32 Å². The van der Waals surface area contributed by atoms with Gasteiger partial charge in [-0.3, -0.25) is 4.79 Å². The molecule has 158 valence electrons. The van der Waals surface area contributed by atoms with Crippen LogP contribution in [0.3, 0.4) is 0 Å². The molecule has 0 spiro atoms. The van der Waals surface area contributed by atoms with Gasteiger partial charge in [-0.15, -0.1) is 0 Å². The van der Waals surface area contributed by atoms with E-state index in [1.165, 1.54) is 28.6 Å². The molecule has 0 atom stereocenters. The number of alkyl halides is 3. The maximum absolute atomic E-state index is 12.7. The first kappa shape index (κ1) is 22.9. The van der Waals surface area contributed by atoms with Gasteiger partial charge < -0.3 is 5.32 Å². The zero-order valence-electron chi connectivity index (χ0n) is 16.4. The minimum atomic E-state index is -4.42. The zero-order chi connectivity index (χ0) is 21.8. The van der Waals surface area contributed by atoms with E-state index in [2.05, 4.69) is 5.32 Å². The third-order valence-corrected chi connectivity index (χ3v) is 6.58. The lowest BCUT2D eigenvalue weighted by atomic mass is 10.1. The molecule has 0 aromatic heterocycles. The van der Waals surface area contributed by atoms with Crippen molar-refractivity contribution >= 4 is 15.9 Å². The largest absolute Gasteiger partial charge is 0.416 e. The smallest absolute Gasteiger partial charge is 0.348 e. The van der Waals surface area contributed by atoms with E-state index in [4.69, 9.17) is 0 Å². The summed E-state index contributed by atoms with van der Waals surface area (Å²) in [7, 11) is -3.71. The lowest BCUT2D eigenvalue weighted by Crippen LogP contribution is -2.31. The summed E-state index contributed by atoms with van der Waals surface area (Å²) in [4.78, 5) is 12.6. The van der Waals surface area contributed by atoms with E-state index in [0.717, 1.165) is 12.1 Å². The van der Waals surface area contributed by atoms with Gasteiger partial charge in [-0.2, -0.15) is 17.5 Å². The van der Waals surface area contributed by atoms with E-state index < -0.39 is 27.7 Å². The SMILES string of the molecule is CCN(CC)S(=O)(=O)c1ccc(C)c(C(=O)NCc2ccc(C(F)(F)F)cc2)c1. The Hall–Kier alpha value is -2.39. The average Bonchev–Trinajstić information content (AvgIpc) is 2.66. The number of hydrogen-bond donors (Lipinski definition) is 1. The zero-order valence-corrected chi connectivity index (χ0v) is 17.2. The van der Waals surface area contributed by atoms with Crippen LogP contribution in [0.2, 0.25) is 0 Å². The third-order valence-electron chi connectivity index (χ3n) is 4.53. The van der Waals surface area contributed by atoms with E-state index in [9.17, 15) is 26.4 Å². The van der Waals surface area contributed by atoms with Gasteiger partial charge in [-0.05, 0) is 42.3 Å². The number of rotatable bonds is 7. The first-order valence-corrected chi connectivity index (χ1v) is 10.5. The first-order valence-electron chi connectivity index (χ1n) is 9.05. The van der Waals surface area contributed by atoms with E-state index in [0.29, 0.717) is 24.2 Å². The van der Waals surface area contributed by atoms with Crippen molar-refractivity contribution in [1.29, 1.82) is 0 Å². The van der Waals surface area contributed by atoms with Crippen LogP contribution in [0.4, 0.5) is 13.2 Å². The molecule has 0 fully saturated rings. The number of benzene rings is 2. The second-order valence-corrected chi connectivity index (χ2v) is 8.38. The first-order chi connectivity index (χ1) is 13.5. The summed E-state index contributed by atoms with van der Waals surface area (Å²) in [5.41, 5.74) is 0.521. The Morgan fingerprint density at radius 1 is 1.03 bits per heavy atom. The fourth-order valence-corrected chi connectivity index (χ4v) is 4.29. The molecule has 0 unspecified atom stereocenters. The Morgan fingerprint density at radius 2 is 1.62 bits per heavy atom. The number of nitrogens with one attached hydrogen (secondary N) is 1. The van der Waals surface area contributed by atoms with Gasteiger partial charge in [-0.1, -0.05) is 32.0 Å².